The second kappa shape index (κ2) is 9.68. The van der Waals surface area contributed by atoms with E-state index in [9.17, 15) is 22.4 Å². The Bertz CT molecular complexity index is 1420. The summed E-state index contributed by atoms with van der Waals surface area (Å²) < 4.78 is 58.3. The Balaban J connectivity index is 1.46. The normalized spacial score (nSPS) is 18.9. The van der Waals surface area contributed by atoms with E-state index in [1.165, 1.54) is 0 Å². The summed E-state index contributed by atoms with van der Waals surface area (Å²) >= 11 is 0. The molecule has 0 spiro atoms. The Hall–Kier alpha value is -3.36. The third-order valence-corrected chi connectivity index (χ3v) is 8.60. The quantitative estimate of drug-likeness (QED) is 0.327. The highest BCUT2D eigenvalue weighted by atomic mass is 19.3. The number of halogens is 4. The molecule has 5 nitrogen and oxygen atoms in total. The van der Waals surface area contributed by atoms with Gasteiger partial charge in [0.15, 0.2) is 0 Å². The van der Waals surface area contributed by atoms with E-state index in [0.29, 0.717) is 43.6 Å². The molecule has 206 valence electrons. The number of anilines is 2. The first-order valence-electron chi connectivity index (χ1n) is 13.6. The van der Waals surface area contributed by atoms with Crippen LogP contribution in [-0.2, 0) is 31.4 Å². The molecule has 0 atom stereocenters. The van der Waals surface area contributed by atoms with Crippen molar-refractivity contribution in [1.82, 2.24) is 14.7 Å². The summed E-state index contributed by atoms with van der Waals surface area (Å²) in [5, 5.41) is 4.17. The molecule has 1 aliphatic carbocycles. The lowest BCUT2D eigenvalue weighted by atomic mass is 9.81. The Kier molecular flexibility index (Phi) is 6.43. The zero-order chi connectivity index (χ0) is 27.5. The number of fused-ring (bicyclic) bond motifs is 2. The van der Waals surface area contributed by atoms with Gasteiger partial charge in [0.05, 0.1) is 6.20 Å². The molecule has 1 aromatic heterocycles. The molecule has 2 aliphatic heterocycles. The van der Waals surface area contributed by atoms with Gasteiger partial charge in [-0.1, -0.05) is 6.07 Å². The number of rotatable bonds is 4. The molecule has 39 heavy (non-hydrogen) atoms. The minimum atomic E-state index is -2.66. The van der Waals surface area contributed by atoms with Gasteiger partial charge in [-0.25, -0.2) is 17.6 Å². The van der Waals surface area contributed by atoms with Gasteiger partial charge in [0.2, 0.25) is 11.8 Å². The number of aromatic nitrogens is 2. The SMILES string of the molecule is CC(=O)N1Cc2cc(C3CCC(F)(F)CC3)cc(N3CCCc4cc(-c5cnn(C)c5)c(C(F)F)cc43)c2C1. The molecule has 1 saturated carbocycles. The number of nitrogens with zero attached hydrogens (tertiary/aromatic N) is 4. The van der Waals surface area contributed by atoms with Gasteiger partial charge in [0, 0.05) is 80.7 Å². The van der Waals surface area contributed by atoms with Gasteiger partial charge in [-0.2, -0.15) is 5.10 Å². The van der Waals surface area contributed by atoms with E-state index in [2.05, 4.69) is 22.1 Å². The number of benzene rings is 2. The molecular formula is C30H32F4N4O. The second-order valence-corrected chi connectivity index (χ2v) is 11.2. The smallest absolute Gasteiger partial charge is 0.264 e. The maximum absolute atomic E-state index is 14.4. The van der Waals surface area contributed by atoms with Crippen molar-refractivity contribution < 1.29 is 22.4 Å². The van der Waals surface area contributed by atoms with Gasteiger partial charge in [-0.05, 0) is 72.1 Å². The first-order chi connectivity index (χ1) is 18.6. The summed E-state index contributed by atoms with van der Waals surface area (Å²) in [5.74, 6) is -2.64. The number of alkyl halides is 4. The molecule has 3 aromatic rings. The molecule has 1 amide bonds. The van der Waals surface area contributed by atoms with Crippen LogP contribution in [0.15, 0.2) is 36.7 Å². The van der Waals surface area contributed by atoms with E-state index < -0.39 is 12.3 Å². The van der Waals surface area contributed by atoms with Crippen LogP contribution in [-0.4, -0.2) is 33.1 Å². The predicted octanol–water partition coefficient (Wildman–Crippen LogP) is 7.26. The highest BCUT2D eigenvalue weighted by Gasteiger charge is 2.37. The van der Waals surface area contributed by atoms with E-state index in [1.807, 2.05) is 6.07 Å². The lowest BCUT2D eigenvalue weighted by Gasteiger charge is -2.35. The molecule has 3 aliphatic rings. The molecule has 0 radical (unpaired) electrons. The lowest BCUT2D eigenvalue weighted by molar-refractivity contribution is -0.129. The van der Waals surface area contributed by atoms with Crippen molar-refractivity contribution in [2.24, 2.45) is 7.05 Å². The minimum absolute atomic E-state index is 0.00824. The maximum atomic E-state index is 14.4. The number of hydrogen-bond donors (Lipinski definition) is 0. The van der Waals surface area contributed by atoms with Crippen molar-refractivity contribution in [1.29, 1.82) is 0 Å². The zero-order valence-electron chi connectivity index (χ0n) is 22.2. The van der Waals surface area contributed by atoms with Crippen LogP contribution in [0.3, 0.4) is 0 Å². The molecular weight excluding hydrogens is 508 g/mol. The Morgan fingerprint density at radius 3 is 2.49 bits per heavy atom. The summed E-state index contributed by atoms with van der Waals surface area (Å²) in [7, 11) is 1.76. The molecule has 0 bridgehead atoms. The standard InChI is InChI=1S/C30H32F4N4O/c1-18(39)37-16-22-10-21(19-5-7-30(33,34)8-6-19)12-28(26(22)17-37)38-9-3-4-20-11-24(23-14-35-36(2)15-23)25(29(31)32)13-27(20)38/h10-15,19,29H,3-9,16-17H2,1-2H3. The van der Waals surface area contributed by atoms with Crippen LogP contribution < -0.4 is 4.90 Å². The lowest BCUT2D eigenvalue weighted by Crippen LogP contribution is -2.27. The maximum Gasteiger partial charge on any atom is 0.264 e. The van der Waals surface area contributed by atoms with Crippen LogP contribution in [0.25, 0.3) is 11.1 Å². The summed E-state index contributed by atoms with van der Waals surface area (Å²) in [4.78, 5) is 16.2. The average molecular weight is 541 g/mol. The van der Waals surface area contributed by atoms with Gasteiger partial charge >= 0.3 is 0 Å². The molecule has 0 saturated heterocycles. The zero-order valence-corrected chi connectivity index (χ0v) is 22.2. The summed E-state index contributed by atoms with van der Waals surface area (Å²) in [5.41, 5.74) is 6.77. The third-order valence-electron chi connectivity index (χ3n) is 8.60. The number of carbonyl (C=O) groups is 1. The van der Waals surface area contributed by atoms with Crippen molar-refractivity contribution >= 4 is 17.3 Å². The topological polar surface area (TPSA) is 41.4 Å². The minimum Gasteiger partial charge on any atom is -0.341 e. The summed E-state index contributed by atoms with van der Waals surface area (Å²) in [6, 6.07) is 7.63. The average Bonchev–Trinajstić information content (AvgIpc) is 3.53. The third kappa shape index (κ3) is 4.80. The van der Waals surface area contributed by atoms with E-state index in [1.54, 1.807) is 42.0 Å². The highest BCUT2D eigenvalue weighted by molar-refractivity contribution is 5.80. The Morgan fingerprint density at radius 2 is 1.82 bits per heavy atom. The Labute approximate surface area is 225 Å². The predicted molar refractivity (Wildman–Crippen MR) is 141 cm³/mol. The van der Waals surface area contributed by atoms with Crippen LogP contribution in [0.4, 0.5) is 28.9 Å². The monoisotopic (exact) mass is 540 g/mol. The van der Waals surface area contributed by atoms with Crippen LogP contribution in [0, 0.1) is 0 Å². The van der Waals surface area contributed by atoms with Gasteiger partial charge in [-0.15, -0.1) is 0 Å². The molecule has 1 fully saturated rings. The molecule has 3 heterocycles. The number of hydrogen-bond acceptors (Lipinski definition) is 3. The van der Waals surface area contributed by atoms with Crippen molar-refractivity contribution in [2.75, 3.05) is 11.4 Å². The number of amides is 1. The van der Waals surface area contributed by atoms with E-state index in [4.69, 9.17) is 0 Å². The number of aryl methyl sites for hydroxylation is 2. The van der Waals surface area contributed by atoms with E-state index >= 15 is 0 Å². The molecule has 0 N–H and O–H groups in total. The van der Waals surface area contributed by atoms with Crippen LogP contribution in [0.5, 0.6) is 0 Å². The summed E-state index contributed by atoms with van der Waals surface area (Å²) in [6.45, 7) is 3.11. The molecule has 0 unspecified atom stereocenters. The first kappa shape index (κ1) is 25.9. The molecule has 9 heteroatoms. The fourth-order valence-electron chi connectivity index (χ4n) is 6.48. The fourth-order valence-corrected chi connectivity index (χ4v) is 6.48. The second-order valence-electron chi connectivity index (χ2n) is 11.2. The van der Waals surface area contributed by atoms with E-state index in [-0.39, 0.29) is 30.2 Å². The van der Waals surface area contributed by atoms with Gasteiger partial charge < -0.3 is 9.80 Å². The molecule has 6 rings (SSSR count). The van der Waals surface area contributed by atoms with Gasteiger partial charge in [0.25, 0.3) is 6.43 Å². The largest absolute Gasteiger partial charge is 0.341 e. The highest BCUT2D eigenvalue weighted by Crippen LogP contribution is 2.47. The van der Waals surface area contributed by atoms with Gasteiger partial charge in [0.1, 0.15) is 0 Å². The van der Waals surface area contributed by atoms with Gasteiger partial charge in [-0.3, -0.25) is 9.48 Å². The molecule has 2 aromatic carbocycles. The van der Waals surface area contributed by atoms with Crippen molar-refractivity contribution in [2.45, 2.75) is 76.8 Å². The van der Waals surface area contributed by atoms with Crippen LogP contribution in [0.2, 0.25) is 0 Å². The van der Waals surface area contributed by atoms with Crippen molar-refractivity contribution in [3.05, 3.63) is 64.5 Å². The number of carbonyl (C=O) groups excluding carboxylic acids is 1. The van der Waals surface area contributed by atoms with E-state index in [0.717, 1.165) is 46.5 Å². The van der Waals surface area contributed by atoms with Crippen LogP contribution in [0.1, 0.15) is 79.2 Å². The van der Waals surface area contributed by atoms with Crippen molar-refractivity contribution in [3.63, 3.8) is 0 Å². The van der Waals surface area contributed by atoms with Crippen LogP contribution >= 0.6 is 0 Å². The first-order valence-corrected chi connectivity index (χ1v) is 13.6. The fraction of sp³-hybridized carbons (Fsp3) is 0.467. The van der Waals surface area contributed by atoms with Crippen molar-refractivity contribution in [3.8, 4) is 11.1 Å². The Morgan fingerprint density at radius 1 is 1.05 bits per heavy atom. The summed E-state index contributed by atoms with van der Waals surface area (Å²) in [6.07, 6.45) is 2.84.